The van der Waals surface area contributed by atoms with E-state index in [4.69, 9.17) is 11.6 Å². The quantitative estimate of drug-likeness (QED) is 0.665. The molecule has 138 valence electrons. The van der Waals surface area contributed by atoms with Gasteiger partial charge in [0.05, 0.1) is 22.8 Å². The summed E-state index contributed by atoms with van der Waals surface area (Å²) in [5, 5.41) is 1.54. The number of fused-ring (bicyclic) bond motifs is 1. The fourth-order valence-electron chi connectivity index (χ4n) is 3.74. The van der Waals surface area contributed by atoms with Crippen molar-refractivity contribution in [2.45, 2.75) is 13.0 Å². The van der Waals surface area contributed by atoms with E-state index in [1.54, 1.807) is 0 Å². The van der Waals surface area contributed by atoms with Gasteiger partial charge in [0, 0.05) is 30.0 Å². The van der Waals surface area contributed by atoms with Gasteiger partial charge in [-0.3, -0.25) is 9.78 Å². The molecule has 0 saturated carbocycles. The third kappa shape index (κ3) is 3.55. The maximum absolute atomic E-state index is 13.5. The van der Waals surface area contributed by atoms with Gasteiger partial charge in [-0.05, 0) is 43.8 Å². The van der Waals surface area contributed by atoms with E-state index < -0.39 is 0 Å². The van der Waals surface area contributed by atoms with Crippen LogP contribution >= 0.6 is 11.6 Å². The number of hydrogen-bond donors (Lipinski definition) is 0. The number of nitrogens with zero attached hydrogens (tertiary/aromatic N) is 3. The Morgan fingerprint density at radius 2 is 1.89 bits per heavy atom. The second kappa shape index (κ2) is 7.29. The van der Waals surface area contributed by atoms with Crippen LogP contribution in [-0.4, -0.2) is 47.4 Å². The molecule has 0 unspecified atom stereocenters. The third-order valence-corrected chi connectivity index (χ3v) is 5.46. The van der Waals surface area contributed by atoms with Crippen LogP contribution in [0.15, 0.2) is 54.6 Å². The molecule has 1 aliphatic heterocycles. The standard InChI is InChI=1S/C22H22ClN3O/c1-15-19(13-17-12-18(23)8-9-20(17)24-15)22(27)26-11-10-25(2)14-21(26)16-6-4-3-5-7-16/h3-9,12-13,21H,10-11,14H2,1-2H3/t21-/m1/s1. The van der Waals surface area contributed by atoms with E-state index in [9.17, 15) is 4.79 Å². The molecule has 1 aromatic heterocycles. The number of halogens is 1. The molecule has 1 saturated heterocycles. The summed E-state index contributed by atoms with van der Waals surface area (Å²) in [7, 11) is 2.10. The number of rotatable bonds is 2. The Labute approximate surface area is 164 Å². The Bertz CT molecular complexity index is 990. The second-order valence-corrected chi connectivity index (χ2v) is 7.58. The smallest absolute Gasteiger partial charge is 0.256 e. The number of aromatic nitrogens is 1. The number of hydrogen-bond acceptors (Lipinski definition) is 3. The Balaban J connectivity index is 1.74. The van der Waals surface area contributed by atoms with Crippen LogP contribution in [-0.2, 0) is 0 Å². The highest BCUT2D eigenvalue weighted by Crippen LogP contribution is 2.28. The van der Waals surface area contributed by atoms with E-state index in [2.05, 4.69) is 29.1 Å². The van der Waals surface area contributed by atoms with Gasteiger partial charge in [-0.25, -0.2) is 0 Å². The van der Waals surface area contributed by atoms with Gasteiger partial charge in [-0.2, -0.15) is 0 Å². The lowest BCUT2D eigenvalue weighted by atomic mass is 10.0. The van der Waals surface area contributed by atoms with Crippen molar-refractivity contribution in [1.29, 1.82) is 0 Å². The topological polar surface area (TPSA) is 36.4 Å². The molecule has 0 bridgehead atoms. The molecule has 0 N–H and O–H groups in total. The van der Waals surface area contributed by atoms with Crippen molar-refractivity contribution in [2.75, 3.05) is 26.7 Å². The summed E-state index contributed by atoms with van der Waals surface area (Å²) in [6, 6.07) is 17.8. The fraction of sp³-hybridized carbons (Fsp3) is 0.273. The Morgan fingerprint density at radius 3 is 2.67 bits per heavy atom. The number of pyridine rings is 1. The number of aryl methyl sites for hydroxylation is 1. The molecule has 1 fully saturated rings. The Hall–Kier alpha value is -2.43. The first-order valence-electron chi connectivity index (χ1n) is 9.14. The number of benzene rings is 2. The van der Waals surface area contributed by atoms with Crippen molar-refractivity contribution in [3.05, 3.63) is 76.4 Å². The number of amides is 1. The van der Waals surface area contributed by atoms with E-state index in [0.29, 0.717) is 17.1 Å². The highest BCUT2D eigenvalue weighted by atomic mass is 35.5. The van der Waals surface area contributed by atoms with Crippen LogP contribution in [0.5, 0.6) is 0 Å². The zero-order chi connectivity index (χ0) is 19.0. The molecule has 0 radical (unpaired) electrons. The minimum absolute atomic E-state index is 0.0313. The zero-order valence-corrected chi connectivity index (χ0v) is 16.3. The van der Waals surface area contributed by atoms with Gasteiger partial charge in [0.2, 0.25) is 0 Å². The molecule has 1 atom stereocenters. The number of likely N-dealkylation sites (N-methyl/N-ethyl adjacent to an activating group) is 1. The van der Waals surface area contributed by atoms with Gasteiger partial charge in [0.1, 0.15) is 0 Å². The Morgan fingerprint density at radius 1 is 1.11 bits per heavy atom. The van der Waals surface area contributed by atoms with Crippen molar-refractivity contribution >= 4 is 28.4 Å². The van der Waals surface area contributed by atoms with Crippen molar-refractivity contribution in [3.63, 3.8) is 0 Å². The first-order valence-corrected chi connectivity index (χ1v) is 9.52. The zero-order valence-electron chi connectivity index (χ0n) is 15.5. The minimum atomic E-state index is 0.0313. The van der Waals surface area contributed by atoms with Gasteiger partial charge in [-0.1, -0.05) is 41.9 Å². The first-order chi connectivity index (χ1) is 13.0. The van der Waals surface area contributed by atoms with Gasteiger partial charge in [0.25, 0.3) is 5.91 Å². The van der Waals surface area contributed by atoms with E-state index >= 15 is 0 Å². The molecule has 3 aromatic rings. The molecule has 1 aliphatic rings. The number of carbonyl (C=O) groups excluding carboxylic acids is 1. The van der Waals surface area contributed by atoms with Gasteiger partial charge in [0.15, 0.2) is 0 Å². The van der Waals surface area contributed by atoms with Crippen LogP contribution in [0.25, 0.3) is 10.9 Å². The van der Waals surface area contributed by atoms with Crippen LogP contribution in [0, 0.1) is 6.92 Å². The van der Waals surface area contributed by atoms with E-state index in [0.717, 1.165) is 35.2 Å². The van der Waals surface area contributed by atoms with E-state index in [-0.39, 0.29) is 11.9 Å². The molecule has 5 heteroatoms. The lowest BCUT2D eigenvalue weighted by molar-refractivity contribution is 0.0497. The van der Waals surface area contributed by atoms with Crippen molar-refractivity contribution in [3.8, 4) is 0 Å². The highest BCUT2D eigenvalue weighted by Gasteiger charge is 2.31. The van der Waals surface area contributed by atoms with Crippen LogP contribution in [0.4, 0.5) is 0 Å². The molecule has 4 rings (SSSR count). The summed E-state index contributed by atoms with van der Waals surface area (Å²) >= 11 is 6.13. The molecule has 4 nitrogen and oxygen atoms in total. The highest BCUT2D eigenvalue weighted by molar-refractivity contribution is 6.31. The molecule has 2 heterocycles. The molecule has 27 heavy (non-hydrogen) atoms. The van der Waals surface area contributed by atoms with Crippen LogP contribution in [0.3, 0.4) is 0 Å². The van der Waals surface area contributed by atoms with Gasteiger partial charge < -0.3 is 9.80 Å². The van der Waals surface area contributed by atoms with E-state index in [1.807, 2.05) is 54.3 Å². The lowest BCUT2D eigenvalue weighted by Crippen LogP contribution is -2.49. The monoisotopic (exact) mass is 379 g/mol. The summed E-state index contributed by atoms with van der Waals surface area (Å²) in [6.45, 7) is 4.28. The molecular weight excluding hydrogens is 358 g/mol. The summed E-state index contributed by atoms with van der Waals surface area (Å²) in [6.07, 6.45) is 0. The number of carbonyl (C=O) groups is 1. The molecule has 0 spiro atoms. The summed E-state index contributed by atoms with van der Waals surface area (Å²) in [5.74, 6) is 0.0313. The largest absolute Gasteiger partial charge is 0.329 e. The normalized spacial score (nSPS) is 18.0. The third-order valence-electron chi connectivity index (χ3n) is 5.23. The van der Waals surface area contributed by atoms with Crippen molar-refractivity contribution < 1.29 is 4.79 Å². The lowest BCUT2D eigenvalue weighted by Gasteiger charge is -2.40. The van der Waals surface area contributed by atoms with Gasteiger partial charge in [-0.15, -0.1) is 0 Å². The molecule has 1 amide bonds. The van der Waals surface area contributed by atoms with E-state index in [1.165, 1.54) is 0 Å². The van der Waals surface area contributed by atoms with Crippen molar-refractivity contribution in [1.82, 2.24) is 14.8 Å². The Kier molecular flexibility index (Phi) is 4.85. The van der Waals surface area contributed by atoms with Crippen LogP contribution in [0.2, 0.25) is 5.02 Å². The molecule has 0 aliphatic carbocycles. The summed E-state index contributed by atoms with van der Waals surface area (Å²) < 4.78 is 0. The maximum atomic E-state index is 13.5. The average Bonchev–Trinajstić information content (AvgIpc) is 2.68. The fourth-order valence-corrected chi connectivity index (χ4v) is 3.92. The predicted molar refractivity (Wildman–Crippen MR) is 109 cm³/mol. The summed E-state index contributed by atoms with van der Waals surface area (Å²) in [5.41, 5.74) is 3.41. The SMILES string of the molecule is Cc1nc2ccc(Cl)cc2cc1C(=O)N1CCN(C)C[C@@H]1c1ccccc1. The summed E-state index contributed by atoms with van der Waals surface area (Å²) in [4.78, 5) is 22.4. The van der Waals surface area contributed by atoms with Gasteiger partial charge >= 0.3 is 0 Å². The predicted octanol–water partition coefficient (Wildman–Crippen LogP) is 4.33. The molecule has 2 aromatic carbocycles. The van der Waals surface area contributed by atoms with Crippen LogP contribution in [0.1, 0.15) is 27.7 Å². The average molecular weight is 380 g/mol. The van der Waals surface area contributed by atoms with Crippen molar-refractivity contribution in [2.24, 2.45) is 0 Å². The first kappa shape index (κ1) is 18.0. The number of piperazine rings is 1. The minimum Gasteiger partial charge on any atom is -0.329 e. The molecular formula is C22H22ClN3O. The van der Waals surface area contributed by atoms with Crippen LogP contribution < -0.4 is 0 Å². The second-order valence-electron chi connectivity index (χ2n) is 7.15. The maximum Gasteiger partial charge on any atom is 0.256 e.